The van der Waals surface area contributed by atoms with Crippen LogP contribution >= 0.6 is 0 Å². The predicted octanol–water partition coefficient (Wildman–Crippen LogP) is 2.40. The van der Waals surface area contributed by atoms with Crippen LogP contribution in [0.15, 0.2) is 16.7 Å². The minimum atomic E-state index is -0.407. The second kappa shape index (κ2) is 4.37. The maximum atomic E-state index is 9.60. The topological polar surface area (TPSA) is 45.4 Å². The molecule has 86 valence electrons. The Kier molecular flexibility index (Phi) is 3.58. The summed E-state index contributed by atoms with van der Waals surface area (Å²) in [7, 11) is 0. The fourth-order valence-electron chi connectivity index (χ4n) is 1.57. The minimum absolute atomic E-state index is 0.101. The first-order chi connectivity index (χ1) is 6.84. The Morgan fingerprint density at radius 2 is 2.00 bits per heavy atom. The van der Waals surface area contributed by atoms with E-state index in [4.69, 9.17) is 4.42 Å². The monoisotopic (exact) mass is 211 g/mol. The van der Waals surface area contributed by atoms with Gasteiger partial charge in [-0.1, -0.05) is 0 Å². The van der Waals surface area contributed by atoms with Gasteiger partial charge in [-0.15, -0.1) is 0 Å². The lowest BCUT2D eigenvalue weighted by Gasteiger charge is -2.32. The van der Waals surface area contributed by atoms with Gasteiger partial charge in [0.1, 0.15) is 5.76 Å². The zero-order chi connectivity index (χ0) is 11.6. The standard InChI is InChI=1S/C12H21NO2/c1-8-6-7-15-11(8)9(2)13-12(4,5)10(3)14/h6-7,9-10,13-14H,1-5H3. The third-order valence-electron chi connectivity index (χ3n) is 2.93. The highest BCUT2D eigenvalue weighted by atomic mass is 16.3. The van der Waals surface area contributed by atoms with Crippen LogP contribution in [-0.2, 0) is 0 Å². The average Bonchev–Trinajstić information content (AvgIpc) is 2.50. The number of nitrogens with one attached hydrogen (secondary N) is 1. The van der Waals surface area contributed by atoms with Crippen molar-refractivity contribution in [3.63, 3.8) is 0 Å². The molecule has 0 aliphatic carbocycles. The van der Waals surface area contributed by atoms with Gasteiger partial charge in [0.05, 0.1) is 18.4 Å². The molecular weight excluding hydrogens is 190 g/mol. The van der Waals surface area contributed by atoms with E-state index in [0.29, 0.717) is 0 Å². The van der Waals surface area contributed by atoms with E-state index in [1.807, 2.05) is 33.8 Å². The molecule has 1 aromatic rings. The molecule has 0 amide bonds. The van der Waals surface area contributed by atoms with Crippen molar-refractivity contribution < 1.29 is 9.52 Å². The first kappa shape index (κ1) is 12.3. The van der Waals surface area contributed by atoms with E-state index in [1.54, 1.807) is 13.2 Å². The van der Waals surface area contributed by atoms with E-state index in [1.165, 1.54) is 0 Å². The molecule has 0 aromatic carbocycles. The fourth-order valence-corrected chi connectivity index (χ4v) is 1.57. The molecule has 0 fully saturated rings. The van der Waals surface area contributed by atoms with Crippen LogP contribution in [-0.4, -0.2) is 16.7 Å². The van der Waals surface area contributed by atoms with Crippen LogP contribution in [0.3, 0.4) is 0 Å². The number of furan rings is 1. The molecule has 3 nitrogen and oxygen atoms in total. The fraction of sp³-hybridized carbons (Fsp3) is 0.667. The van der Waals surface area contributed by atoms with Gasteiger partial charge >= 0.3 is 0 Å². The first-order valence-corrected chi connectivity index (χ1v) is 5.34. The zero-order valence-electron chi connectivity index (χ0n) is 10.2. The lowest BCUT2D eigenvalue weighted by atomic mass is 9.97. The molecule has 2 atom stereocenters. The maximum absolute atomic E-state index is 9.60. The van der Waals surface area contributed by atoms with Crippen LogP contribution in [0.5, 0.6) is 0 Å². The van der Waals surface area contributed by atoms with Gasteiger partial charge in [0.2, 0.25) is 0 Å². The van der Waals surface area contributed by atoms with Gasteiger partial charge in [-0.2, -0.15) is 0 Å². The molecule has 0 radical (unpaired) electrons. The van der Waals surface area contributed by atoms with E-state index < -0.39 is 6.10 Å². The summed E-state index contributed by atoms with van der Waals surface area (Å²) in [6.45, 7) is 9.80. The van der Waals surface area contributed by atoms with Gasteiger partial charge in [0, 0.05) is 5.54 Å². The van der Waals surface area contributed by atoms with Crippen LogP contribution in [0, 0.1) is 6.92 Å². The van der Waals surface area contributed by atoms with Crippen molar-refractivity contribution in [3.05, 3.63) is 23.7 Å². The summed E-state index contributed by atoms with van der Waals surface area (Å²) < 4.78 is 5.41. The Balaban J connectivity index is 2.72. The lowest BCUT2D eigenvalue weighted by Crippen LogP contribution is -2.49. The highest BCUT2D eigenvalue weighted by Crippen LogP contribution is 2.22. The van der Waals surface area contributed by atoms with E-state index in [9.17, 15) is 5.11 Å². The molecule has 1 aromatic heterocycles. The molecule has 2 N–H and O–H groups in total. The van der Waals surface area contributed by atoms with Crippen LogP contribution < -0.4 is 5.32 Å². The maximum Gasteiger partial charge on any atom is 0.123 e. The average molecular weight is 211 g/mol. The second-order valence-corrected chi connectivity index (χ2v) is 4.73. The third-order valence-corrected chi connectivity index (χ3v) is 2.93. The van der Waals surface area contributed by atoms with Gasteiger partial charge in [-0.3, -0.25) is 5.32 Å². The first-order valence-electron chi connectivity index (χ1n) is 5.34. The quantitative estimate of drug-likeness (QED) is 0.803. The zero-order valence-corrected chi connectivity index (χ0v) is 10.2. The van der Waals surface area contributed by atoms with Gasteiger partial charge in [-0.25, -0.2) is 0 Å². The third kappa shape index (κ3) is 2.83. The Bertz CT molecular complexity index is 315. The number of hydrogen-bond donors (Lipinski definition) is 2. The van der Waals surface area contributed by atoms with Crippen molar-refractivity contribution in [2.75, 3.05) is 0 Å². The molecule has 0 saturated heterocycles. The van der Waals surface area contributed by atoms with Gasteiger partial charge in [0.25, 0.3) is 0 Å². The van der Waals surface area contributed by atoms with Crippen molar-refractivity contribution in [2.45, 2.75) is 52.3 Å². The molecule has 0 saturated carbocycles. The summed E-state index contributed by atoms with van der Waals surface area (Å²) >= 11 is 0. The molecule has 2 unspecified atom stereocenters. The largest absolute Gasteiger partial charge is 0.467 e. The Labute approximate surface area is 91.5 Å². The van der Waals surface area contributed by atoms with E-state index in [0.717, 1.165) is 11.3 Å². The van der Waals surface area contributed by atoms with Crippen molar-refractivity contribution in [3.8, 4) is 0 Å². The van der Waals surface area contributed by atoms with Crippen LogP contribution in [0.25, 0.3) is 0 Å². The van der Waals surface area contributed by atoms with E-state index >= 15 is 0 Å². The molecule has 1 rings (SSSR count). The highest BCUT2D eigenvalue weighted by molar-refractivity contribution is 5.18. The number of rotatable bonds is 4. The van der Waals surface area contributed by atoms with Crippen molar-refractivity contribution in [1.29, 1.82) is 0 Å². The Morgan fingerprint density at radius 3 is 2.40 bits per heavy atom. The van der Waals surface area contributed by atoms with Crippen molar-refractivity contribution in [2.24, 2.45) is 0 Å². The van der Waals surface area contributed by atoms with Gasteiger partial charge in [-0.05, 0) is 46.2 Å². The SMILES string of the molecule is Cc1ccoc1C(C)NC(C)(C)C(C)O. The summed E-state index contributed by atoms with van der Waals surface area (Å²) in [6, 6.07) is 2.05. The van der Waals surface area contributed by atoms with Crippen LogP contribution in [0.4, 0.5) is 0 Å². The van der Waals surface area contributed by atoms with E-state index in [2.05, 4.69) is 5.32 Å². The molecule has 0 bridgehead atoms. The molecule has 0 aliphatic rings. The number of aryl methyl sites for hydroxylation is 1. The summed E-state index contributed by atoms with van der Waals surface area (Å²) in [5.74, 6) is 0.934. The van der Waals surface area contributed by atoms with Crippen LogP contribution in [0.2, 0.25) is 0 Å². The van der Waals surface area contributed by atoms with Crippen molar-refractivity contribution in [1.82, 2.24) is 5.32 Å². The summed E-state index contributed by atoms with van der Waals surface area (Å²) in [4.78, 5) is 0. The summed E-state index contributed by atoms with van der Waals surface area (Å²) in [5.41, 5.74) is 0.815. The van der Waals surface area contributed by atoms with E-state index in [-0.39, 0.29) is 11.6 Å². The van der Waals surface area contributed by atoms with Crippen molar-refractivity contribution >= 4 is 0 Å². The summed E-state index contributed by atoms with van der Waals surface area (Å²) in [6.07, 6.45) is 1.29. The highest BCUT2D eigenvalue weighted by Gasteiger charge is 2.27. The molecule has 3 heteroatoms. The minimum Gasteiger partial charge on any atom is -0.467 e. The van der Waals surface area contributed by atoms with Gasteiger partial charge in [0.15, 0.2) is 0 Å². The molecule has 0 aliphatic heterocycles. The number of aliphatic hydroxyl groups is 1. The Morgan fingerprint density at radius 1 is 1.40 bits per heavy atom. The normalized spacial score (nSPS) is 16.4. The smallest absolute Gasteiger partial charge is 0.123 e. The number of aliphatic hydroxyl groups excluding tert-OH is 1. The molecule has 1 heterocycles. The summed E-state index contributed by atoms with van der Waals surface area (Å²) in [5, 5.41) is 13.0. The predicted molar refractivity (Wildman–Crippen MR) is 60.8 cm³/mol. The Hall–Kier alpha value is -0.800. The lowest BCUT2D eigenvalue weighted by molar-refractivity contribution is 0.0872. The molecule has 0 spiro atoms. The van der Waals surface area contributed by atoms with Crippen LogP contribution in [0.1, 0.15) is 45.1 Å². The molecular formula is C12H21NO2. The van der Waals surface area contributed by atoms with Gasteiger partial charge < -0.3 is 9.52 Å². The second-order valence-electron chi connectivity index (χ2n) is 4.73. The number of hydrogen-bond acceptors (Lipinski definition) is 3. The molecule has 15 heavy (non-hydrogen) atoms.